The second kappa shape index (κ2) is 4.05. The highest BCUT2D eigenvalue weighted by Gasteiger charge is 2.19. The van der Waals surface area contributed by atoms with Crippen molar-refractivity contribution in [3.8, 4) is 0 Å². The van der Waals surface area contributed by atoms with Crippen molar-refractivity contribution < 1.29 is 4.79 Å². The van der Waals surface area contributed by atoms with Crippen LogP contribution in [-0.4, -0.2) is 12.5 Å². The van der Waals surface area contributed by atoms with E-state index in [4.69, 9.17) is 0 Å². The third-order valence-corrected chi connectivity index (χ3v) is 3.05. The van der Waals surface area contributed by atoms with Gasteiger partial charge in [0, 0.05) is 19.2 Å². The molecular weight excluding hydrogens is 186 g/mol. The molecule has 0 unspecified atom stereocenters. The molecule has 1 aromatic rings. The third kappa shape index (κ3) is 1.89. The summed E-state index contributed by atoms with van der Waals surface area (Å²) in [5.74, 6) is 0.153. The fourth-order valence-corrected chi connectivity index (χ4v) is 2.20. The Morgan fingerprint density at radius 3 is 2.93 bits per heavy atom. The number of fused-ring (bicyclic) bond motifs is 1. The van der Waals surface area contributed by atoms with Crippen LogP contribution in [0.15, 0.2) is 18.2 Å². The van der Waals surface area contributed by atoms with Gasteiger partial charge >= 0.3 is 0 Å². The monoisotopic (exact) mass is 203 g/mol. The molecule has 2 heteroatoms. The molecular formula is C13H17NO. The van der Waals surface area contributed by atoms with Gasteiger partial charge in [0.25, 0.3) is 0 Å². The molecule has 1 aromatic carbocycles. The van der Waals surface area contributed by atoms with E-state index in [-0.39, 0.29) is 5.91 Å². The van der Waals surface area contributed by atoms with Crippen LogP contribution in [0.25, 0.3) is 0 Å². The Balaban J connectivity index is 2.40. The third-order valence-electron chi connectivity index (χ3n) is 3.05. The van der Waals surface area contributed by atoms with Crippen LogP contribution in [0.1, 0.15) is 31.4 Å². The summed E-state index contributed by atoms with van der Waals surface area (Å²) in [5, 5.41) is 0. The zero-order valence-electron chi connectivity index (χ0n) is 9.42. The van der Waals surface area contributed by atoms with E-state index < -0.39 is 0 Å². The summed E-state index contributed by atoms with van der Waals surface area (Å²) in [4.78, 5) is 13.3. The smallest absolute Gasteiger partial charge is 0.223 e. The van der Waals surface area contributed by atoms with Crippen LogP contribution in [-0.2, 0) is 17.6 Å². The van der Waals surface area contributed by atoms with Crippen LogP contribution in [0, 0.1) is 0 Å². The minimum atomic E-state index is 0.153. The van der Waals surface area contributed by atoms with Crippen molar-refractivity contribution in [2.45, 2.75) is 33.1 Å². The standard InChI is InChI=1S/C13H17NO/c1-3-11-6-7-13-12(9-11)5-4-8-14(13)10(2)15/h6-7,9H,3-5,8H2,1-2H3. The van der Waals surface area contributed by atoms with Crippen molar-refractivity contribution in [1.29, 1.82) is 0 Å². The van der Waals surface area contributed by atoms with Gasteiger partial charge in [-0.05, 0) is 36.5 Å². The van der Waals surface area contributed by atoms with Crippen LogP contribution in [0.4, 0.5) is 5.69 Å². The Kier molecular flexibility index (Phi) is 2.76. The van der Waals surface area contributed by atoms with Crippen LogP contribution < -0.4 is 4.90 Å². The van der Waals surface area contributed by atoms with Gasteiger partial charge in [0.15, 0.2) is 0 Å². The van der Waals surface area contributed by atoms with Gasteiger partial charge in [-0.1, -0.05) is 19.1 Å². The lowest BCUT2D eigenvalue weighted by molar-refractivity contribution is -0.116. The molecule has 2 rings (SSSR count). The number of carbonyl (C=O) groups excluding carboxylic acids is 1. The molecule has 0 atom stereocenters. The molecule has 2 nitrogen and oxygen atoms in total. The van der Waals surface area contributed by atoms with Crippen molar-refractivity contribution in [2.75, 3.05) is 11.4 Å². The predicted octanol–water partition coefficient (Wildman–Crippen LogP) is 2.55. The summed E-state index contributed by atoms with van der Waals surface area (Å²) in [6, 6.07) is 6.46. The highest BCUT2D eigenvalue weighted by Crippen LogP contribution is 2.28. The molecule has 0 bridgehead atoms. The summed E-state index contributed by atoms with van der Waals surface area (Å²) in [5.41, 5.74) is 3.81. The van der Waals surface area contributed by atoms with E-state index >= 15 is 0 Å². The molecule has 80 valence electrons. The van der Waals surface area contributed by atoms with Crippen LogP contribution in [0.5, 0.6) is 0 Å². The summed E-state index contributed by atoms with van der Waals surface area (Å²) in [6.07, 6.45) is 3.25. The van der Waals surface area contributed by atoms with Crippen LogP contribution in [0.3, 0.4) is 0 Å². The average Bonchev–Trinajstić information content (AvgIpc) is 2.27. The molecule has 1 aliphatic rings. The normalized spacial score (nSPS) is 14.9. The first kappa shape index (κ1) is 10.2. The number of hydrogen-bond acceptors (Lipinski definition) is 1. The number of benzene rings is 1. The zero-order valence-corrected chi connectivity index (χ0v) is 9.42. The van der Waals surface area contributed by atoms with Crippen molar-refractivity contribution >= 4 is 11.6 Å². The molecule has 1 heterocycles. The Morgan fingerprint density at radius 2 is 2.27 bits per heavy atom. The molecule has 0 N–H and O–H groups in total. The molecule has 0 fully saturated rings. The second-order valence-electron chi connectivity index (χ2n) is 4.09. The Bertz CT molecular complexity index is 384. The van der Waals surface area contributed by atoms with Gasteiger partial charge in [-0.15, -0.1) is 0 Å². The number of rotatable bonds is 1. The SMILES string of the molecule is CCc1ccc2c(c1)CCCN2C(C)=O. The zero-order chi connectivity index (χ0) is 10.8. The van der Waals surface area contributed by atoms with E-state index in [9.17, 15) is 4.79 Å². The highest BCUT2D eigenvalue weighted by atomic mass is 16.2. The maximum absolute atomic E-state index is 11.4. The number of nitrogens with zero attached hydrogens (tertiary/aromatic N) is 1. The number of anilines is 1. The van der Waals surface area contributed by atoms with Gasteiger partial charge in [-0.25, -0.2) is 0 Å². The molecule has 0 spiro atoms. The summed E-state index contributed by atoms with van der Waals surface area (Å²) >= 11 is 0. The fourth-order valence-electron chi connectivity index (χ4n) is 2.20. The van der Waals surface area contributed by atoms with Crippen LogP contribution in [0.2, 0.25) is 0 Å². The first-order chi connectivity index (χ1) is 7.22. The van der Waals surface area contributed by atoms with Gasteiger partial charge < -0.3 is 4.90 Å². The number of carbonyl (C=O) groups is 1. The Labute approximate surface area is 90.9 Å². The molecule has 0 saturated carbocycles. The minimum Gasteiger partial charge on any atom is -0.312 e. The van der Waals surface area contributed by atoms with E-state index in [1.54, 1.807) is 6.92 Å². The van der Waals surface area contributed by atoms with E-state index in [1.165, 1.54) is 11.1 Å². The molecule has 0 radical (unpaired) electrons. The van der Waals surface area contributed by atoms with Crippen molar-refractivity contribution in [1.82, 2.24) is 0 Å². The molecule has 0 saturated heterocycles. The summed E-state index contributed by atoms with van der Waals surface area (Å²) in [6.45, 7) is 4.67. The van der Waals surface area contributed by atoms with Crippen LogP contribution >= 0.6 is 0 Å². The summed E-state index contributed by atoms with van der Waals surface area (Å²) < 4.78 is 0. The molecule has 0 aliphatic carbocycles. The number of amides is 1. The topological polar surface area (TPSA) is 20.3 Å². The van der Waals surface area contributed by atoms with Gasteiger partial charge in [0.05, 0.1) is 0 Å². The minimum absolute atomic E-state index is 0.153. The highest BCUT2D eigenvalue weighted by molar-refractivity contribution is 5.92. The lowest BCUT2D eigenvalue weighted by Gasteiger charge is -2.28. The second-order valence-corrected chi connectivity index (χ2v) is 4.09. The van der Waals surface area contributed by atoms with E-state index in [0.717, 1.165) is 31.5 Å². The largest absolute Gasteiger partial charge is 0.312 e. The van der Waals surface area contributed by atoms with Gasteiger partial charge in [0.1, 0.15) is 0 Å². The van der Waals surface area contributed by atoms with E-state index in [2.05, 4.69) is 25.1 Å². The van der Waals surface area contributed by atoms with Gasteiger partial charge in [0.2, 0.25) is 5.91 Å². The first-order valence-corrected chi connectivity index (χ1v) is 5.62. The maximum Gasteiger partial charge on any atom is 0.223 e. The fraction of sp³-hybridized carbons (Fsp3) is 0.462. The Morgan fingerprint density at radius 1 is 1.47 bits per heavy atom. The van der Waals surface area contributed by atoms with Crippen molar-refractivity contribution in [3.05, 3.63) is 29.3 Å². The number of aryl methyl sites for hydroxylation is 2. The molecule has 0 aromatic heterocycles. The number of hydrogen-bond donors (Lipinski definition) is 0. The quantitative estimate of drug-likeness (QED) is 0.687. The van der Waals surface area contributed by atoms with Gasteiger partial charge in [-0.3, -0.25) is 4.79 Å². The average molecular weight is 203 g/mol. The lowest BCUT2D eigenvalue weighted by atomic mass is 9.98. The van der Waals surface area contributed by atoms with Crippen molar-refractivity contribution in [3.63, 3.8) is 0 Å². The lowest BCUT2D eigenvalue weighted by Crippen LogP contribution is -2.33. The molecule has 1 aliphatic heterocycles. The maximum atomic E-state index is 11.4. The Hall–Kier alpha value is -1.31. The van der Waals surface area contributed by atoms with E-state index in [1.807, 2.05) is 4.90 Å². The predicted molar refractivity (Wildman–Crippen MR) is 62.2 cm³/mol. The molecule has 1 amide bonds. The van der Waals surface area contributed by atoms with E-state index in [0.29, 0.717) is 0 Å². The van der Waals surface area contributed by atoms with Crippen molar-refractivity contribution in [2.24, 2.45) is 0 Å². The molecule has 15 heavy (non-hydrogen) atoms. The summed E-state index contributed by atoms with van der Waals surface area (Å²) in [7, 11) is 0. The first-order valence-electron chi connectivity index (χ1n) is 5.62. The van der Waals surface area contributed by atoms with Gasteiger partial charge in [-0.2, -0.15) is 0 Å².